The van der Waals surface area contributed by atoms with E-state index in [1.165, 1.54) is 0 Å². The van der Waals surface area contributed by atoms with Crippen LogP contribution in [0, 0.1) is 5.92 Å². The maximum absolute atomic E-state index is 5.70. The lowest BCUT2D eigenvalue weighted by Crippen LogP contribution is -2.39. The number of ether oxygens (including phenoxy) is 2. The average Bonchev–Trinajstić information content (AvgIpc) is 3.03. The number of rotatable bonds is 11. The highest BCUT2D eigenvalue weighted by Crippen LogP contribution is 2.12. The molecule has 0 aromatic carbocycles. The van der Waals surface area contributed by atoms with Crippen LogP contribution in [0.2, 0.25) is 0 Å². The van der Waals surface area contributed by atoms with Gasteiger partial charge >= 0.3 is 0 Å². The fourth-order valence-corrected chi connectivity index (χ4v) is 2.36. The number of hydrogen-bond donors (Lipinski definition) is 1. The molecule has 128 valence electrons. The van der Waals surface area contributed by atoms with E-state index in [0.29, 0.717) is 5.92 Å². The quantitative estimate of drug-likeness (QED) is 0.275. The summed E-state index contributed by atoms with van der Waals surface area (Å²) in [6.07, 6.45) is 6.21. The summed E-state index contributed by atoms with van der Waals surface area (Å²) in [6, 6.07) is 0. The predicted octanol–water partition coefficient (Wildman–Crippen LogP) is 2.29. The Hall–Kier alpha value is -1.07. The highest BCUT2D eigenvalue weighted by molar-refractivity contribution is 5.79. The van der Waals surface area contributed by atoms with Crippen molar-refractivity contribution in [2.75, 3.05) is 53.1 Å². The molecule has 1 unspecified atom stereocenters. The van der Waals surface area contributed by atoms with E-state index in [1.54, 1.807) is 0 Å². The first-order chi connectivity index (χ1) is 10.8. The van der Waals surface area contributed by atoms with Crippen LogP contribution in [0.3, 0.4) is 0 Å². The standard InChI is InChI=1S/C17H33N3O2/c1-4-6-7-11-20(3)17(18-5-2)19-10-8-12-21-14-16-9-13-22-15-16/h4,16H,1,5-15H2,2-3H3,(H,18,19). The van der Waals surface area contributed by atoms with Crippen LogP contribution in [0.15, 0.2) is 17.6 Å². The molecule has 0 bridgehead atoms. The van der Waals surface area contributed by atoms with Crippen LogP contribution >= 0.6 is 0 Å². The van der Waals surface area contributed by atoms with E-state index >= 15 is 0 Å². The first kappa shape index (κ1) is 19.0. The molecule has 0 aliphatic carbocycles. The third-order valence-corrected chi connectivity index (χ3v) is 3.68. The van der Waals surface area contributed by atoms with E-state index in [-0.39, 0.29) is 0 Å². The average molecular weight is 311 g/mol. The van der Waals surface area contributed by atoms with Crippen molar-refractivity contribution in [1.29, 1.82) is 0 Å². The Morgan fingerprint density at radius 2 is 2.36 bits per heavy atom. The second-order valence-electron chi connectivity index (χ2n) is 5.75. The van der Waals surface area contributed by atoms with E-state index in [1.807, 2.05) is 6.08 Å². The smallest absolute Gasteiger partial charge is 0.193 e. The van der Waals surface area contributed by atoms with Gasteiger partial charge in [0.15, 0.2) is 5.96 Å². The fourth-order valence-electron chi connectivity index (χ4n) is 2.36. The highest BCUT2D eigenvalue weighted by atomic mass is 16.5. The molecule has 22 heavy (non-hydrogen) atoms. The van der Waals surface area contributed by atoms with Crippen molar-refractivity contribution in [2.45, 2.75) is 32.6 Å². The molecule has 0 saturated carbocycles. The van der Waals surface area contributed by atoms with Crippen molar-refractivity contribution in [3.63, 3.8) is 0 Å². The Morgan fingerprint density at radius 3 is 3.05 bits per heavy atom. The van der Waals surface area contributed by atoms with Crippen LogP contribution in [-0.4, -0.2) is 64.0 Å². The van der Waals surface area contributed by atoms with E-state index in [0.717, 1.165) is 77.7 Å². The topological polar surface area (TPSA) is 46.1 Å². The summed E-state index contributed by atoms with van der Waals surface area (Å²) in [7, 11) is 2.08. The third kappa shape index (κ3) is 8.39. The van der Waals surface area contributed by atoms with Gasteiger partial charge in [0, 0.05) is 45.8 Å². The molecule has 1 heterocycles. The molecule has 1 fully saturated rings. The van der Waals surface area contributed by atoms with Crippen molar-refractivity contribution < 1.29 is 9.47 Å². The Bertz CT molecular complexity index is 315. The van der Waals surface area contributed by atoms with Gasteiger partial charge in [-0.1, -0.05) is 6.08 Å². The van der Waals surface area contributed by atoms with Gasteiger partial charge in [0.25, 0.3) is 0 Å². The Kier molecular flexibility index (Phi) is 10.8. The summed E-state index contributed by atoms with van der Waals surface area (Å²) in [6.45, 7) is 11.9. The van der Waals surface area contributed by atoms with E-state index in [9.17, 15) is 0 Å². The van der Waals surface area contributed by atoms with Gasteiger partial charge in [0.2, 0.25) is 0 Å². The van der Waals surface area contributed by atoms with Gasteiger partial charge in [0.1, 0.15) is 0 Å². The first-order valence-corrected chi connectivity index (χ1v) is 8.53. The lowest BCUT2D eigenvalue weighted by atomic mass is 10.1. The molecule has 0 radical (unpaired) electrons. The summed E-state index contributed by atoms with van der Waals surface area (Å²) >= 11 is 0. The molecular weight excluding hydrogens is 278 g/mol. The SMILES string of the molecule is C=CCCCN(C)C(=NCCCOCC1CCOC1)NCC. The summed E-state index contributed by atoms with van der Waals surface area (Å²) in [5.74, 6) is 1.58. The first-order valence-electron chi connectivity index (χ1n) is 8.53. The summed E-state index contributed by atoms with van der Waals surface area (Å²) in [5, 5.41) is 3.34. The molecule has 0 amide bonds. The Balaban J connectivity index is 2.15. The summed E-state index contributed by atoms with van der Waals surface area (Å²) in [4.78, 5) is 6.85. The van der Waals surface area contributed by atoms with Crippen molar-refractivity contribution >= 4 is 5.96 Å². The number of allylic oxidation sites excluding steroid dienone is 1. The van der Waals surface area contributed by atoms with Crippen LogP contribution in [-0.2, 0) is 9.47 Å². The lowest BCUT2D eigenvalue weighted by molar-refractivity contribution is 0.0893. The zero-order valence-electron chi connectivity index (χ0n) is 14.4. The number of nitrogens with one attached hydrogen (secondary N) is 1. The van der Waals surface area contributed by atoms with Gasteiger partial charge in [-0.2, -0.15) is 0 Å². The number of nitrogens with zero attached hydrogens (tertiary/aromatic N) is 2. The number of hydrogen-bond acceptors (Lipinski definition) is 3. The minimum Gasteiger partial charge on any atom is -0.381 e. The van der Waals surface area contributed by atoms with Gasteiger partial charge in [-0.15, -0.1) is 6.58 Å². The second kappa shape index (κ2) is 12.5. The van der Waals surface area contributed by atoms with Gasteiger partial charge < -0.3 is 19.7 Å². The third-order valence-electron chi connectivity index (χ3n) is 3.68. The maximum atomic E-state index is 5.70. The molecule has 1 N–H and O–H groups in total. The highest BCUT2D eigenvalue weighted by Gasteiger charge is 2.15. The van der Waals surface area contributed by atoms with Gasteiger partial charge in [-0.3, -0.25) is 4.99 Å². The number of guanidine groups is 1. The lowest BCUT2D eigenvalue weighted by Gasteiger charge is -2.21. The van der Waals surface area contributed by atoms with Crippen LogP contribution < -0.4 is 5.32 Å². The van der Waals surface area contributed by atoms with Crippen molar-refractivity contribution in [1.82, 2.24) is 10.2 Å². The molecule has 5 nitrogen and oxygen atoms in total. The molecule has 0 aromatic heterocycles. The molecule has 0 spiro atoms. The fraction of sp³-hybridized carbons (Fsp3) is 0.824. The molecule has 1 saturated heterocycles. The van der Waals surface area contributed by atoms with E-state index < -0.39 is 0 Å². The largest absolute Gasteiger partial charge is 0.381 e. The van der Waals surface area contributed by atoms with Crippen LogP contribution in [0.25, 0.3) is 0 Å². The van der Waals surface area contributed by atoms with Crippen molar-refractivity contribution in [3.8, 4) is 0 Å². The van der Waals surface area contributed by atoms with Crippen LogP contribution in [0.5, 0.6) is 0 Å². The predicted molar refractivity (Wildman–Crippen MR) is 92.4 cm³/mol. The van der Waals surface area contributed by atoms with Gasteiger partial charge in [0.05, 0.1) is 13.2 Å². The Labute approximate surface area is 135 Å². The zero-order chi connectivity index (χ0) is 16.0. The summed E-state index contributed by atoms with van der Waals surface area (Å²) in [5.41, 5.74) is 0. The minimum atomic E-state index is 0.594. The normalized spacial score (nSPS) is 18.5. The zero-order valence-corrected chi connectivity index (χ0v) is 14.4. The van der Waals surface area contributed by atoms with Crippen molar-refractivity contribution in [3.05, 3.63) is 12.7 Å². The molecule has 1 aliphatic rings. The van der Waals surface area contributed by atoms with Crippen molar-refractivity contribution in [2.24, 2.45) is 10.9 Å². The van der Waals surface area contributed by atoms with E-state index in [4.69, 9.17) is 9.47 Å². The monoisotopic (exact) mass is 311 g/mol. The minimum absolute atomic E-state index is 0.594. The molecule has 1 rings (SSSR count). The molecule has 0 aromatic rings. The number of aliphatic imine (C=N–C) groups is 1. The second-order valence-corrected chi connectivity index (χ2v) is 5.75. The van der Waals surface area contributed by atoms with Crippen LogP contribution in [0.4, 0.5) is 0 Å². The van der Waals surface area contributed by atoms with E-state index in [2.05, 4.69) is 35.8 Å². The van der Waals surface area contributed by atoms with Gasteiger partial charge in [-0.25, -0.2) is 0 Å². The summed E-state index contributed by atoms with van der Waals surface area (Å²) < 4.78 is 11.0. The molecule has 5 heteroatoms. The Morgan fingerprint density at radius 1 is 1.50 bits per heavy atom. The molecule has 1 atom stereocenters. The van der Waals surface area contributed by atoms with Gasteiger partial charge in [-0.05, 0) is 32.6 Å². The molecular formula is C17H33N3O2. The number of unbranched alkanes of at least 4 members (excludes halogenated alkanes) is 1. The molecule has 1 aliphatic heterocycles. The van der Waals surface area contributed by atoms with Crippen LogP contribution in [0.1, 0.15) is 32.6 Å². The maximum Gasteiger partial charge on any atom is 0.193 e.